The third kappa shape index (κ3) is 4.19. The molecule has 0 saturated carbocycles. The normalized spacial score (nSPS) is 15.7. The SMILES string of the molecule is N#Cc1c(NC(=O)[C@H](Cc2ccc(O)cc2)N2C(=O)c3ccccc3C2=O)sc2c1CCCCC2. The van der Waals surface area contributed by atoms with E-state index in [0.29, 0.717) is 16.1 Å². The minimum Gasteiger partial charge on any atom is -0.508 e. The summed E-state index contributed by atoms with van der Waals surface area (Å²) in [6, 6.07) is 14.0. The van der Waals surface area contributed by atoms with Crippen LogP contribution in [0.4, 0.5) is 5.00 Å². The van der Waals surface area contributed by atoms with E-state index in [4.69, 9.17) is 0 Å². The van der Waals surface area contributed by atoms with Crippen molar-refractivity contribution >= 4 is 34.1 Å². The van der Waals surface area contributed by atoms with E-state index in [0.717, 1.165) is 47.4 Å². The standard InChI is InChI=1S/C27H23N3O4S/c28-15-21-18-6-2-1-3-9-23(18)35-25(21)29-24(32)22(14-16-10-12-17(31)13-11-16)30-26(33)19-7-4-5-8-20(19)27(30)34/h4-5,7-8,10-13,22,31H,1-3,6,9,14H2,(H,29,32)/t22-/m0/s1. The lowest BCUT2D eigenvalue weighted by Gasteiger charge is -2.25. The average Bonchev–Trinajstić information content (AvgIpc) is 3.19. The van der Waals surface area contributed by atoms with E-state index in [2.05, 4.69) is 11.4 Å². The zero-order valence-corrected chi connectivity index (χ0v) is 19.7. The first-order chi connectivity index (χ1) is 17.0. The number of imide groups is 1. The molecule has 2 heterocycles. The molecule has 0 spiro atoms. The van der Waals surface area contributed by atoms with Crippen LogP contribution in [-0.4, -0.2) is 33.8 Å². The van der Waals surface area contributed by atoms with Crippen LogP contribution >= 0.6 is 11.3 Å². The number of amides is 3. The van der Waals surface area contributed by atoms with Gasteiger partial charge in [-0.2, -0.15) is 5.26 Å². The van der Waals surface area contributed by atoms with Crippen LogP contribution < -0.4 is 5.32 Å². The maximum atomic E-state index is 13.7. The Bertz CT molecular complexity index is 1340. The number of fused-ring (bicyclic) bond motifs is 2. The molecule has 3 aromatic rings. The second-order valence-electron chi connectivity index (χ2n) is 8.78. The smallest absolute Gasteiger partial charge is 0.262 e. The van der Waals surface area contributed by atoms with Crippen molar-refractivity contribution in [2.75, 3.05) is 5.32 Å². The number of phenols is 1. The predicted molar refractivity (Wildman–Crippen MR) is 131 cm³/mol. The minimum absolute atomic E-state index is 0.0740. The number of nitrogens with one attached hydrogen (secondary N) is 1. The molecule has 0 bridgehead atoms. The van der Waals surface area contributed by atoms with E-state index >= 15 is 0 Å². The average molecular weight is 486 g/mol. The number of carbonyl (C=O) groups excluding carboxylic acids is 3. The number of hydrogen-bond donors (Lipinski definition) is 2. The third-order valence-electron chi connectivity index (χ3n) is 6.58. The largest absolute Gasteiger partial charge is 0.508 e. The zero-order chi connectivity index (χ0) is 24.5. The van der Waals surface area contributed by atoms with Crippen LogP contribution in [-0.2, 0) is 24.1 Å². The van der Waals surface area contributed by atoms with Gasteiger partial charge in [0.05, 0.1) is 16.7 Å². The molecule has 1 aromatic heterocycles. The first-order valence-corrected chi connectivity index (χ1v) is 12.4. The van der Waals surface area contributed by atoms with E-state index in [-0.39, 0.29) is 23.3 Å². The molecule has 0 unspecified atom stereocenters. The molecule has 2 aromatic carbocycles. The van der Waals surface area contributed by atoms with Crippen molar-refractivity contribution < 1.29 is 19.5 Å². The first kappa shape index (κ1) is 22.8. The summed E-state index contributed by atoms with van der Waals surface area (Å²) < 4.78 is 0. The quantitative estimate of drug-likeness (QED) is 0.410. The molecular formula is C27H23N3O4S. The summed E-state index contributed by atoms with van der Waals surface area (Å²) >= 11 is 1.41. The Balaban J connectivity index is 1.50. The zero-order valence-electron chi connectivity index (χ0n) is 18.9. The van der Waals surface area contributed by atoms with Crippen LogP contribution in [0.2, 0.25) is 0 Å². The highest BCUT2D eigenvalue weighted by atomic mass is 32.1. The summed E-state index contributed by atoms with van der Waals surface area (Å²) in [5.41, 5.74) is 2.69. The van der Waals surface area contributed by atoms with Gasteiger partial charge in [0.1, 0.15) is 22.9 Å². The Kier molecular flexibility index (Phi) is 6.10. The number of nitriles is 1. The number of nitrogens with zero attached hydrogens (tertiary/aromatic N) is 2. The Hall–Kier alpha value is -3.96. The van der Waals surface area contributed by atoms with Gasteiger partial charge in [-0.15, -0.1) is 11.3 Å². The van der Waals surface area contributed by atoms with E-state index in [1.165, 1.54) is 23.5 Å². The van der Waals surface area contributed by atoms with E-state index in [1.807, 2.05) is 0 Å². The Morgan fingerprint density at radius 1 is 1.03 bits per heavy atom. The Labute approximate surface area is 206 Å². The molecule has 7 nitrogen and oxygen atoms in total. The predicted octanol–water partition coefficient (Wildman–Crippen LogP) is 4.44. The van der Waals surface area contributed by atoms with Gasteiger partial charge in [-0.05, 0) is 61.1 Å². The summed E-state index contributed by atoms with van der Waals surface area (Å²) in [7, 11) is 0. The fraction of sp³-hybridized carbons (Fsp3) is 0.259. The minimum atomic E-state index is -1.12. The molecule has 0 saturated heterocycles. The topological polar surface area (TPSA) is 110 Å². The van der Waals surface area contributed by atoms with Crippen molar-refractivity contribution in [2.45, 2.75) is 44.6 Å². The monoisotopic (exact) mass is 485 g/mol. The van der Waals surface area contributed by atoms with Crippen LogP contribution in [0, 0.1) is 11.3 Å². The van der Waals surface area contributed by atoms with Gasteiger partial charge >= 0.3 is 0 Å². The number of aromatic hydroxyl groups is 1. The van der Waals surface area contributed by atoms with Crippen LogP contribution in [0.25, 0.3) is 0 Å². The second-order valence-corrected chi connectivity index (χ2v) is 9.89. The number of carbonyl (C=O) groups is 3. The van der Waals surface area contributed by atoms with Gasteiger partial charge in [-0.25, -0.2) is 0 Å². The van der Waals surface area contributed by atoms with Crippen molar-refractivity contribution in [2.24, 2.45) is 0 Å². The van der Waals surface area contributed by atoms with Gasteiger partial charge in [0.15, 0.2) is 0 Å². The number of rotatable bonds is 5. The molecule has 1 aliphatic carbocycles. The van der Waals surface area contributed by atoms with Crippen LogP contribution in [0.15, 0.2) is 48.5 Å². The molecule has 5 rings (SSSR count). The molecule has 0 fully saturated rings. The van der Waals surface area contributed by atoms with Gasteiger partial charge < -0.3 is 10.4 Å². The van der Waals surface area contributed by atoms with E-state index < -0.39 is 23.8 Å². The van der Waals surface area contributed by atoms with Crippen molar-refractivity contribution in [1.29, 1.82) is 5.26 Å². The number of benzene rings is 2. The summed E-state index contributed by atoms with van der Waals surface area (Å²) in [5, 5.41) is 22.8. The lowest BCUT2D eigenvalue weighted by atomic mass is 10.0. The van der Waals surface area contributed by atoms with Gasteiger partial charge in [-0.1, -0.05) is 30.7 Å². The molecule has 1 atom stereocenters. The van der Waals surface area contributed by atoms with Crippen LogP contribution in [0.5, 0.6) is 5.75 Å². The Morgan fingerprint density at radius 3 is 2.34 bits per heavy atom. The highest BCUT2D eigenvalue weighted by molar-refractivity contribution is 7.16. The van der Waals surface area contributed by atoms with Crippen molar-refractivity contribution in [3.05, 3.63) is 81.2 Å². The lowest BCUT2D eigenvalue weighted by Crippen LogP contribution is -2.48. The van der Waals surface area contributed by atoms with Gasteiger partial charge in [0.25, 0.3) is 11.8 Å². The number of phenolic OH excluding ortho intramolecular Hbond substituents is 1. The fourth-order valence-electron chi connectivity index (χ4n) is 4.79. The summed E-state index contributed by atoms with van der Waals surface area (Å²) in [6.45, 7) is 0. The molecule has 1 aliphatic heterocycles. The summed E-state index contributed by atoms with van der Waals surface area (Å²) in [6.07, 6.45) is 4.92. The van der Waals surface area contributed by atoms with Gasteiger partial charge in [-0.3, -0.25) is 19.3 Å². The molecule has 2 aliphatic rings. The highest BCUT2D eigenvalue weighted by Gasteiger charge is 2.43. The third-order valence-corrected chi connectivity index (χ3v) is 7.78. The molecule has 3 amide bonds. The molecule has 35 heavy (non-hydrogen) atoms. The highest BCUT2D eigenvalue weighted by Crippen LogP contribution is 2.37. The Morgan fingerprint density at radius 2 is 1.69 bits per heavy atom. The molecule has 2 N–H and O–H groups in total. The number of thiophene rings is 1. The maximum absolute atomic E-state index is 13.7. The second kappa shape index (κ2) is 9.35. The molecule has 8 heteroatoms. The number of anilines is 1. The molecule has 176 valence electrons. The summed E-state index contributed by atoms with van der Waals surface area (Å²) in [4.78, 5) is 42.2. The molecule has 0 radical (unpaired) electrons. The van der Waals surface area contributed by atoms with Gasteiger partial charge in [0.2, 0.25) is 5.91 Å². The lowest BCUT2D eigenvalue weighted by molar-refractivity contribution is -0.119. The molecular weight excluding hydrogens is 462 g/mol. The maximum Gasteiger partial charge on any atom is 0.262 e. The van der Waals surface area contributed by atoms with Crippen LogP contribution in [0.3, 0.4) is 0 Å². The fourth-order valence-corrected chi connectivity index (χ4v) is 6.03. The van der Waals surface area contributed by atoms with Crippen molar-refractivity contribution in [1.82, 2.24) is 4.90 Å². The number of hydrogen-bond acceptors (Lipinski definition) is 6. The van der Waals surface area contributed by atoms with Crippen molar-refractivity contribution in [3.63, 3.8) is 0 Å². The first-order valence-electron chi connectivity index (χ1n) is 11.6. The van der Waals surface area contributed by atoms with E-state index in [1.54, 1.807) is 36.4 Å². The summed E-state index contributed by atoms with van der Waals surface area (Å²) in [5.74, 6) is -1.49. The van der Waals surface area contributed by atoms with Gasteiger partial charge in [0, 0.05) is 11.3 Å². The van der Waals surface area contributed by atoms with Crippen molar-refractivity contribution in [3.8, 4) is 11.8 Å². The number of aryl methyl sites for hydroxylation is 1. The van der Waals surface area contributed by atoms with Crippen LogP contribution in [0.1, 0.15) is 61.5 Å². The van der Waals surface area contributed by atoms with E-state index in [9.17, 15) is 24.8 Å².